The van der Waals surface area contributed by atoms with Gasteiger partial charge in [0.1, 0.15) is 0 Å². The molecule has 1 heterocycles. The molecule has 1 N–H and O–H groups in total. The van der Waals surface area contributed by atoms with Gasteiger partial charge < -0.3 is 10.0 Å². The van der Waals surface area contributed by atoms with Crippen LogP contribution >= 0.6 is 15.9 Å². The van der Waals surface area contributed by atoms with E-state index in [0.29, 0.717) is 25.4 Å². The minimum Gasteiger partial charge on any atom is -0.481 e. The van der Waals surface area contributed by atoms with Gasteiger partial charge in [0.15, 0.2) is 0 Å². The van der Waals surface area contributed by atoms with Crippen molar-refractivity contribution in [2.75, 3.05) is 13.1 Å². The first-order valence-corrected chi connectivity index (χ1v) is 7.98. The van der Waals surface area contributed by atoms with Gasteiger partial charge >= 0.3 is 5.97 Å². The van der Waals surface area contributed by atoms with Crippen molar-refractivity contribution in [3.05, 3.63) is 34.3 Å². The number of carboxylic acids is 1. The number of benzene rings is 1. The van der Waals surface area contributed by atoms with Gasteiger partial charge in [0.05, 0.1) is 5.41 Å². The summed E-state index contributed by atoms with van der Waals surface area (Å²) in [7, 11) is 0. The second kappa shape index (κ2) is 5.13. The largest absolute Gasteiger partial charge is 0.481 e. The summed E-state index contributed by atoms with van der Waals surface area (Å²) in [6, 6.07) is 8.08. The van der Waals surface area contributed by atoms with Crippen molar-refractivity contribution in [1.29, 1.82) is 0 Å². The fourth-order valence-electron chi connectivity index (χ4n) is 3.10. The van der Waals surface area contributed by atoms with Crippen LogP contribution in [-0.2, 0) is 9.59 Å². The van der Waals surface area contributed by atoms with Crippen molar-refractivity contribution < 1.29 is 14.7 Å². The second-order valence-corrected chi connectivity index (χ2v) is 7.29. The summed E-state index contributed by atoms with van der Waals surface area (Å²) in [6.07, 6.45) is 1.42. The zero-order chi connectivity index (χ0) is 15.2. The molecule has 0 bridgehead atoms. The lowest BCUT2D eigenvalue weighted by Gasteiger charge is -2.20. The Labute approximate surface area is 132 Å². The predicted octanol–water partition coefficient (Wildman–Crippen LogP) is 2.88. The molecule has 3 rings (SSSR count). The van der Waals surface area contributed by atoms with Crippen LogP contribution in [-0.4, -0.2) is 35.0 Å². The number of aliphatic carboxylic acids is 1. The molecule has 0 aromatic heterocycles. The maximum absolute atomic E-state index is 12.5. The highest BCUT2D eigenvalue weighted by atomic mass is 79.9. The van der Waals surface area contributed by atoms with Crippen LogP contribution in [0, 0.1) is 11.3 Å². The Morgan fingerprint density at radius 2 is 2.00 bits per heavy atom. The van der Waals surface area contributed by atoms with Crippen molar-refractivity contribution in [3.63, 3.8) is 0 Å². The molecule has 21 heavy (non-hydrogen) atoms. The van der Waals surface area contributed by atoms with Crippen LogP contribution in [0.3, 0.4) is 0 Å². The molecule has 2 aliphatic rings. The number of rotatable bonds is 3. The van der Waals surface area contributed by atoms with Crippen molar-refractivity contribution >= 4 is 27.8 Å². The summed E-state index contributed by atoms with van der Waals surface area (Å²) >= 11 is 3.41. The molecule has 0 unspecified atom stereocenters. The predicted molar refractivity (Wildman–Crippen MR) is 81.9 cm³/mol. The lowest BCUT2D eigenvalue weighted by molar-refractivity contribution is -0.147. The van der Waals surface area contributed by atoms with Gasteiger partial charge in [-0.2, -0.15) is 0 Å². The molecule has 3 atom stereocenters. The van der Waals surface area contributed by atoms with Crippen LogP contribution in [0.1, 0.15) is 31.2 Å². The van der Waals surface area contributed by atoms with E-state index in [1.165, 1.54) is 5.56 Å². The van der Waals surface area contributed by atoms with E-state index in [0.717, 1.165) is 10.9 Å². The van der Waals surface area contributed by atoms with Crippen molar-refractivity contribution in [2.45, 2.75) is 25.7 Å². The SMILES string of the molecule is C[C@]1(C(=O)O)CCN(C(=O)[C@@H]2C[C@H]2c2ccc(Br)cc2)C1. The Bertz CT molecular complexity index is 586. The molecule has 1 aliphatic heterocycles. The van der Waals surface area contributed by atoms with Gasteiger partial charge in [-0.3, -0.25) is 9.59 Å². The van der Waals surface area contributed by atoms with E-state index in [1.54, 1.807) is 11.8 Å². The molecule has 5 heteroatoms. The number of carbonyl (C=O) groups excluding carboxylic acids is 1. The Hall–Kier alpha value is -1.36. The Morgan fingerprint density at radius 3 is 2.57 bits per heavy atom. The first-order chi connectivity index (χ1) is 9.90. The summed E-state index contributed by atoms with van der Waals surface area (Å²) in [5, 5.41) is 9.24. The summed E-state index contributed by atoms with van der Waals surface area (Å²) < 4.78 is 1.03. The molecule has 1 aromatic carbocycles. The number of amides is 1. The highest BCUT2D eigenvalue weighted by Crippen LogP contribution is 2.49. The number of carbonyl (C=O) groups is 2. The maximum atomic E-state index is 12.5. The van der Waals surface area contributed by atoms with Crippen LogP contribution in [0.4, 0.5) is 0 Å². The van der Waals surface area contributed by atoms with Crippen molar-refractivity contribution in [3.8, 4) is 0 Å². The van der Waals surface area contributed by atoms with Crippen LogP contribution in [0.5, 0.6) is 0 Å². The van der Waals surface area contributed by atoms with Gasteiger partial charge in [-0.05, 0) is 43.4 Å². The third-order valence-electron chi connectivity index (χ3n) is 4.71. The molecule has 112 valence electrons. The third kappa shape index (κ3) is 2.71. The fourth-order valence-corrected chi connectivity index (χ4v) is 3.37. The molecular weight excluding hydrogens is 334 g/mol. The number of halogens is 1. The van der Waals surface area contributed by atoms with E-state index in [2.05, 4.69) is 15.9 Å². The monoisotopic (exact) mass is 351 g/mol. The van der Waals surface area contributed by atoms with Gasteiger partial charge in [0, 0.05) is 23.5 Å². The van der Waals surface area contributed by atoms with Crippen LogP contribution in [0.15, 0.2) is 28.7 Å². The molecule has 1 aromatic rings. The summed E-state index contributed by atoms with van der Waals surface area (Å²) in [6.45, 7) is 2.62. The summed E-state index contributed by atoms with van der Waals surface area (Å²) in [4.78, 5) is 25.5. The van der Waals surface area contributed by atoms with E-state index in [4.69, 9.17) is 0 Å². The molecule has 1 saturated carbocycles. The minimum absolute atomic E-state index is 0.0299. The average molecular weight is 352 g/mol. The van der Waals surface area contributed by atoms with E-state index in [9.17, 15) is 14.7 Å². The first-order valence-electron chi connectivity index (χ1n) is 7.18. The van der Waals surface area contributed by atoms with Gasteiger partial charge in [-0.1, -0.05) is 28.1 Å². The van der Waals surface area contributed by atoms with Crippen LogP contribution < -0.4 is 0 Å². The fraction of sp³-hybridized carbons (Fsp3) is 0.500. The zero-order valence-electron chi connectivity index (χ0n) is 11.9. The number of nitrogens with zero attached hydrogens (tertiary/aromatic N) is 1. The van der Waals surface area contributed by atoms with E-state index < -0.39 is 11.4 Å². The summed E-state index contributed by atoms with van der Waals surface area (Å²) in [5.41, 5.74) is 0.411. The number of carboxylic acid groups (broad SMARTS) is 1. The molecule has 4 nitrogen and oxygen atoms in total. The summed E-state index contributed by atoms with van der Waals surface area (Å²) in [5.74, 6) is -0.365. The van der Waals surface area contributed by atoms with Crippen LogP contribution in [0.25, 0.3) is 0 Å². The number of likely N-dealkylation sites (tertiary alicyclic amines) is 1. The molecule has 1 aliphatic carbocycles. The molecule has 0 spiro atoms. The maximum Gasteiger partial charge on any atom is 0.311 e. The molecular formula is C16H18BrNO3. The first kappa shape index (κ1) is 14.6. The molecule has 1 saturated heterocycles. The van der Waals surface area contributed by atoms with Crippen LogP contribution in [0.2, 0.25) is 0 Å². The highest BCUT2D eigenvalue weighted by Gasteiger charge is 2.49. The highest BCUT2D eigenvalue weighted by molar-refractivity contribution is 9.10. The van der Waals surface area contributed by atoms with Gasteiger partial charge in [0.25, 0.3) is 0 Å². The second-order valence-electron chi connectivity index (χ2n) is 6.38. The van der Waals surface area contributed by atoms with E-state index >= 15 is 0 Å². The smallest absolute Gasteiger partial charge is 0.311 e. The minimum atomic E-state index is -0.807. The number of hydrogen-bond acceptors (Lipinski definition) is 2. The van der Waals surface area contributed by atoms with Gasteiger partial charge in [0.2, 0.25) is 5.91 Å². The number of hydrogen-bond donors (Lipinski definition) is 1. The quantitative estimate of drug-likeness (QED) is 0.910. The Kier molecular flexibility index (Phi) is 3.56. The lowest BCUT2D eigenvalue weighted by Crippen LogP contribution is -2.35. The van der Waals surface area contributed by atoms with E-state index in [-0.39, 0.29) is 11.8 Å². The standard InChI is InChI=1S/C16H18BrNO3/c1-16(15(20)21)6-7-18(9-16)14(19)13-8-12(13)10-2-4-11(17)5-3-10/h2-5,12-13H,6-9H2,1H3,(H,20,21)/t12-,13+,16-/m0/s1. The molecule has 2 fully saturated rings. The van der Waals surface area contributed by atoms with Crippen molar-refractivity contribution in [2.24, 2.45) is 11.3 Å². The lowest BCUT2D eigenvalue weighted by atomic mass is 9.90. The van der Waals surface area contributed by atoms with Crippen molar-refractivity contribution in [1.82, 2.24) is 4.90 Å². The average Bonchev–Trinajstić information content (AvgIpc) is 3.14. The van der Waals surface area contributed by atoms with Gasteiger partial charge in [-0.15, -0.1) is 0 Å². The third-order valence-corrected chi connectivity index (χ3v) is 5.24. The van der Waals surface area contributed by atoms with Gasteiger partial charge in [-0.25, -0.2) is 0 Å². The molecule has 1 amide bonds. The Balaban J connectivity index is 1.64. The molecule has 0 radical (unpaired) electrons. The Morgan fingerprint density at radius 1 is 1.33 bits per heavy atom. The van der Waals surface area contributed by atoms with E-state index in [1.807, 2.05) is 24.3 Å². The zero-order valence-corrected chi connectivity index (χ0v) is 13.5. The topological polar surface area (TPSA) is 57.6 Å². The normalized spacial score (nSPS) is 31.2.